The first-order valence-corrected chi connectivity index (χ1v) is 3.42. The Morgan fingerprint density at radius 2 is 1.75 bits per heavy atom. The van der Waals surface area contributed by atoms with Crippen molar-refractivity contribution in [3.05, 3.63) is 35.4 Å². The van der Waals surface area contributed by atoms with E-state index in [1.807, 2.05) is 6.07 Å². The summed E-state index contributed by atoms with van der Waals surface area (Å²) in [4.78, 5) is 0. The number of halogens is 2. The fraction of sp³-hybridized carbons (Fsp3) is 0.222. The first-order chi connectivity index (χ1) is 5.54. The molecule has 0 atom stereocenters. The molecule has 3 heteroatoms. The molecule has 0 unspecified atom stereocenters. The summed E-state index contributed by atoms with van der Waals surface area (Å²) in [5.41, 5.74) is 0.324. The van der Waals surface area contributed by atoms with E-state index in [0.717, 1.165) is 6.92 Å². The Hall–Kier alpha value is -1.43. The molecule has 0 N–H and O–H groups in total. The highest BCUT2D eigenvalue weighted by Gasteiger charge is 2.23. The van der Waals surface area contributed by atoms with Crippen molar-refractivity contribution >= 4 is 0 Å². The topological polar surface area (TPSA) is 23.8 Å². The molecular formula is C9H7F2N. The van der Waals surface area contributed by atoms with E-state index in [2.05, 4.69) is 0 Å². The van der Waals surface area contributed by atoms with E-state index in [1.165, 1.54) is 24.3 Å². The van der Waals surface area contributed by atoms with Crippen LogP contribution in [0.5, 0.6) is 0 Å². The molecule has 0 saturated heterocycles. The molecule has 0 radical (unpaired) electrons. The minimum Gasteiger partial charge on any atom is -0.202 e. The van der Waals surface area contributed by atoms with Gasteiger partial charge in [0.1, 0.15) is 0 Å². The van der Waals surface area contributed by atoms with Gasteiger partial charge in [-0.05, 0) is 12.1 Å². The van der Waals surface area contributed by atoms with Crippen LogP contribution in [-0.4, -0.2) is 0 Å². The summed E-state index contributed by atoms with van der Waals surface area (Å²) in [5.74, 6) is -2.83. The maximum atomic E-state index is 12.6. The van der Waals surface area contributed by atoms with Crippen molar-refractivity contribution in [2.45, 2.75) is 12.8 Å². The lowest BCUT2D eigenvalue weighted by molar-refractivity contribution is 0.0175. The van der Waals surface area contributed by atoms with Gasteiger partial charge in [-0.25, -0.2) is 8.78 Å². The summed E-state index contributed by atoms with van der Waals surface area (Å²) >= 11 is 0. The first kappa shape index (κ1) is 8.66. The molecule has 1 rings (SSSR count). The Labute approximate surface area is 69.2 Å². The van der Waals surface area contributed by atoms with Crippen molar-refractivity contribution in [3.63, 3.8) is 0 Å². The second-order valence-corrected chi connectivity index (χ2v) is 2.58. The molecule has 0 amide bonds. The van der Waals surface area contributed by atoms with Gasteiger partial charge in [-0.15, -0.1) is 0 Å². The maximum Gasteiger partial charge on any atom is 0.270 e. The molecule has 0 aromatic heterocycles. The molecule has 12 heavy (non-hydrogen) atoms. The van der Waals surface area contributed by atoms with Gasteiger partial charge in [-0.1, -0.05) is 12.1 Å². The zero-order chi connectivity index (χ0) is 9.19. The van der Waals surface area contributed by atoms with E-state index >= 15 is 0 Å². The number of nitrogens with zero attached hydrogens (tertiary/aromatic N) is 1. The number of rotatable bonds is 1. The van der Waals surface area contributed by atoms with E-state index < -0.39 is 5.92 Å². The zero-order valence-corrected chi connectivity index (χ0v) is 6.51. The van der Waals surface area contributed by atoms with Crippen LogP contribution in [0, 0.1) is 11.3 Å². The summed E-state index contributed by atoms with van der Waals surface area (Å²) in [7, 11) is 0. The Kier molecular flexibility index (Phi) is 2.09. The highest BCUT2D eigenvalue weighted by Crippen LogP contribution is 2.26. The minimum atomic E-state index is -2.83. The third-order valence-corrected chi connectivity index (χ3v) is 1.52. The van der Waals surface area contributed by atoms with Crippen LogP contribution in [0.2, 0.25) is 0 Å². The summed E-state index contributed by atoms with van der Waals surface area (Å²) < 4.78 is 25.2. The van der Waals surface area contributed by atoms with Crippen molar-refractivity contribution in [3.8, 4) is 6.07 Å². The van der Waals surface area contributed by atoms with Crippen LogP contribution in [0.15, 0.2) is 24.3 Å². The van der Waals surface area contributed by atoms with Crippen LogP contribution in [0.1, 0.15) is 18.1 Å². The summed E-state index contributed by atoms with van der Waals surface area (Å²) in [5, 5.41) is 8.39. The quantitative estimate of drug-likeness (QED) is 0.630. The molecule has 0 saturated carbocycles. The standard InChI is InChI=1S/C9H7F2N/c1-9(10,11)8-4-2-7(6-12)3-5-8/h2-5H,1H3. The highest BCUT2D eigenvalue weighted by atomic mass is 19.3. The normalized spacial score (nSPS) is 10.8. The van der Waals surface area contributed by atoms with E-state index in [-0.39, 0.29) is 5.56 Å². The van der Waals surface area contributed by atoms with Gasteiger partial charge in [-0.2, -0.15) is 5.26 Å². The molecule has 0 heterocycles. The van der Waals surface area contributed by atoms with E-state index in [0.29, 0.717) is 5.56 Å². The number of alkyl halides is 2. The fourth-order valence-electron chi connectivity index (χ4n) is 0.837. The lowest BCUT2D eigenvalue weighted by Crippen LogP contribution is -2.06. The average Bonchev–Trinajstić information content (AvgIpc) is 2.03. The molecule has 1 aromatic rings. The Bertz CT molecular complexity index is 303. The van der Waals surface area contributed by atoms with Gasteiger partial charge in [0.15, 0.2) is 0 Å². The van der Waals surface area contributed by atoms with Crippen LogP contribution >= 0.6 is 0 Å². The SMILES string of the molecule is CC(F)(F)c1ccc(C#N)cc1. The van der Waals surface area contributed by atoms with Gasteiger partial charge >= 0.3 is 0 Å². The summed E-state index contributed by atoms with van der Waals surface area (Å²) in [6, 6.07) is 7.15. The molecule has 0 aliphatic carbocycles. The number of nitriles is 1. The van der Waals surface area contributed by atoms with E-state index in [9.17, 15) is 8.78 Å². The van der Waals surface area contributed by atoms with Crippen molar-refractivity contribution in [1.82, 2.24) is 0 Å². The van der Waals surface area contributed by atoms with Crippen LogP contribution in [0.25, 0.3) is 0 Å². The molecule has 0 aliphatic rings. The molecule has 0 spiro atoms. The van der Waals surface area contributed by atoms with Gasteiger partial charge in [0.05, 0.1) is 11.6 Å². The largest absolute Gasteiger partial charge is 0.270 e. The monoisotopic (exact) mass is 167 g/mol. The summed E-state index contributed by atoms with van der Waals surface area (Å²) in [6.07, 6.45) is 0. The molecule has 1 aromatic carbocycles. The molecule has 0 fully saturated rings. The average molecular weight is 167 g/mol. The van der Waals surface area contributed by atoms with Gasteiger partial charge in [0.25, 0.3) is 5.92 Å². The highest BCUT2D eigenvalue weighted by molar-refractivity contribution is 5.32. The van der Waals surface area contributed by atoms with Crippen LogP contribution in [0.4, 0.5) is 8.78 Å². The lowest BCUT2D eigenvalue weighted by Gasteiger charge is -2.09. The van der Waals surface area contributed by atoms with Gasteiger partial charge in [0, 0.05) is 12.5 Å². The Balaban J connectivity index is 3.02. The van der Waals surface area contributed by atoms with Crippen LogP contribution < -0.4 is 0 Å². The molecule has 62 valence electrons. The number of benzene rings is 1. The maximum absolute atomic E-state index is 12.6. The van der Waals surface area contributed by atoms with E-state index in [1.54, 1.807) is 0 Å². The molecule has 0 bridgehead atoms. The van der Waals surface area contributed by atoms with Gasteiger partial charge in [0.2, 0.25) is 0 Å². The van der Waals surface area contributed by atoms with Crippen molar-refractivity contribution in [1.29, 1.82) is 5.26 Å². The Morgan fingerprint density at radius 3 is 2.08 bits per heavy atom. The first-order valence-electron chi connectivity index (χ1n) is 3.42. The van der Waals surface area contributed by atoms with Crippen molar-refractivity contribution in [2.24, 2.45) is 0 Å². The predicted molar refractivity (Wildman–Crippen MR) is 40.7 cm³/mol. The smallest absolute Gasteiger partial charge is 0.202 e. The lowest BCUT2D eigenvalue weighted by atomic mass is 10.1. The van der Waals surface area contributed by atoms with Gasteiger partial charge < -0.3 is 0 Å². The number of hydrogen-bond donors (Lipinski definition) is 0. The Morgan fingerprint density at radius 1 is 1.25 bits per heavy atom. The predicted octanol–water partition coefficient (Wildman–Crippen LogP) is 2.67. The second-order valence-electron chi connectivity index (χ2n) is 2.58. The zero-order valence-electron chi connectivity index (χ0n) is 6.51. The second kappa shape index (κ2) is 2.90. The van der Waals surface area contributed by atoms with E-state index in [4.69, 9.17) is 5.26 Å². The number of hydrogen-bond acceptors (Lipinski definition) is 1. The van der Waals surface area contributed by atoms with Crippen molar-refractivity contribution in [2.75, 3.05) is 0 Å². The summed E-state index contributed by atoms with van der Waals surface area (Å²) in [6.45, 7) is 0.828. The molecule has 0 aliphatic heterocycles. The van der Waals surface area contributed by atoms with Crippen molar-refractivity contribution < 1.29 is 8.78 Å². The minimum absolute atomic E-state index is 0.0681. The third-order valence-electron chi connectivity index (χ3n) is 1.52. The fourth-order valence-corrected chi connectivity index (χ4v) is 0.837. The van der Waals surface area contributed by atoms with Gasteiger partial charge in [-0.3, -0.25) is 0 Å². The van der Waals surface area contributed by atoms with Crippen LogP contribution in [0.3, 0.4) is 0 Å². The third kappa shape index (κ3) is 1.79. The molecular weight excluding hydrogens is 160 g/mol. The molecule has 1 nitrogen and oxygen atoms in total. The van der Waals surface area contributed by atoms with Crippen LogP contribution in [-0.2, 0) is 5.92 Å².